The molecule has 3 heterocycles. The summed E-state index contributed by atoms with van der Waals surface area (Å²) in [5.41, 5.74) is 1.23. The summed E-state index contributed by atoms with van der Waals surface area (Å²) in [7, 11) is 0. The van der Waals surface area contributed by atoms with E-state index in [1.165, 1.54) is 10.6 Å². The van der Waals surface area contributed by atoms with Gasteiger partial charge in [0.2, 0.25) is 0 Å². The van der Waals surface area contributed by atoms with Gasteiger partial charge in [-0.05, 0) is 19.1 Å². The largest absolute Gasteiger partial charge is 0.273 e. The van der Waals surface area contributed by atoms with Gasteiger partial charge in [-0.25, -0.2) is 14.6 Å². The Labute approximate surface area is 97.0 Å². The summed E-state index contributed by atoms with van der Waals surface area (Å²) in [6, 6.07) is 8.85. The molecule has 5 heteroatoms. The molecule has 0 radical (unpaired) electrons. The van der Waals surface area contributed by atoms with Crippen molar-refractivity contribution in [2.45, 2.75) is 6.92 Å². The average Bonchev–Trinajstić information content (AvgIpc) is 2.74. The molecule has 84 valence electrons. The number of fused-ring (bicyclic) bond motifs is 1. The highest BCUT2D eigenvalue weighted by Gasteiger charge is 2.06. The molecule has 0 atom stereocenters. The van der Waals surface area contributed by atoms with Crippen LogP contribution in [0.25, 0.3) is 11.5 Å². The van der Waals surface area contributed by atoms with Crippen molar-refractivity contribution in [3.8, 4) is 5.82 Å². The van der Waals surface area contributed by atoms with Crippen molar-refractivity contribution < 1.29 is 0 Å². The van der Waals surface area contributed by atoms with Crippen molar-refractivity contribution in [2.75, 3.05) is 0 Å². The average molecular weight is 226 g/mol. The fourth-order valence-corrected chi connectivity index (χ4v) is 1.81. The van der Waals surface area contributed by atoms with Crippen LogP contribution in [0.5, 0.6) is 0 Å². The number of pyridine rings is 1. The van der Waals surface area contributed by atoms with Gasteiger partial charge in [0.15, 0.2) is 11.5 Å². The van der Waals surface area contributed by atoms with Crippen molar-refractivity contribution in [3.63, 3.8) is 0 Å². The summed E-state index contributed by atoms with van der Waals surface area (Å²) < 4.78 is 3.18. The van der Waals surface area contributed by atoms with E-state index < -0.39 is 0 Å². The number of nitrogens with zero attached hydrogens (tertiary/aromatic N) is 4. The molecule has 0 amide bonds. The molecular weight excluding hydrogens is 216 g/mol. The normalized spacial score (nSPS) is 10.9. The Bertz CT molecular complexity index is 727. The second-order valence-corrected chi connectivity index (χ2v) is 3.75. The van der Waals surface area contributed by atoms with Crippen LogP contribution in [0.15, 0.2) is 47.5 Å². The molecule has 0 N–H and O–H groups in total. The van der Waals surface area contributed by atoms with E-state index in [9.17, 15) is 4.79 Å². The molecule has 0 aliphatic carbocycles. The highest BCUT2D eigenvalue weighted by atomic mass is 16.1. The van der Waals surface area contributed by atoms with Gasteiger partial charge in [-0.3, -0.25) is 4.79 Å². The molecule has 0 bridgehead atoms. The molecule has 3 aromatic rings. The SMILES string of the molecule is Cc1cc(=O)n2c(ccn2-c2ccccn2)n1. The lowest BCUT2D eigenvalue weighted by Gasteiger charge is -2.04. The smallest absolute Gasteiger partial charge is 0.267 e. The van der Waals surface area contributed by atoms with Crippen molar-refractivity contribution >= 4 is 5.65 Å². The fraction of sp³-hybridized carbons (Fsp3) is 0.0833. The summed E-state index contributed by atoms with van der Waals surface area (Å²) in [5.74, 6) is 0.690. The molecule has 3 rings (SSSR count). The van der Waals surface area contributed by atoms with Crippen LogP contribution in [0, 0.1) is 6.92 Å². The maximum absolute atomic E-state index is 11.9. The number of hydrogen-bond donors (Lipinski definition) is 0. The molecule has 0 aliphatic rings. The van der Waals surface area contributed by atoms with E-state index in [1.54, 1.807) is 30.1 Å². The summed E-state index contributed by atoms with van der Waals surface area (Å²) >= 11 is 0. The van der Waals surface area contributed by atoms with Crippen molar-refractivity contribution in [1.82, 2.24) is 19.2 Å². The lowest BCUT2D eigenvalue weighted by atomic mass is 10.4. The Morgan fingerprint density at radius 1 is 1.24 bits per heavy atom. The summed E-state index contributed by atoms with van der Waals surface area (Å²) in [4.78, 5) is 20.4. The molecule has 17 heavy (non-hydrogen) atoms. The maximum Gasteiger partial charge on any atom is 0.273 e. The summed E-state index contributed by atoms with van der Waals surface area (Å²) in [5, 5.41) is 0. The van der Waals surface area contributed by atoms with Crippen LogP contribution in [0.4, 0.5) is 0 Å². The Hall–Kier alpha value is -2.43. The third-order valence-electron chi connectivity index (χ3n) is 2.51. The molecule has 0 saturated carbocycles. The second kappa shape index (κ2) is 3.55. The molecular formula is C12H10N4O. The van der Waals surface area contributed by atoms with Crippen LogP contribution in [0.1, 0.15) is 5.69 Å². The van der Waals surface area contributed by atoms with Crippen molar-refractivity contribution in [3.05, 3.63) is 58.8 Å². The van der Waals surface area contributed by atoms with Crippen LogP contribution >= 0.6 is 0 Å². The van der Waals surface area contributed by atoms with Gasteiger partial charge in [-0.15, -0.1) is 0 Å². The van der Waals surface area contributed by atoms with E-state index in [4.69, 9.17) is 0 Å². The molecule has 0 saturated heterocycles. The minimum absolute atomic E-state index is 0.108. The Balaban J connectivity index is 2.37. The lowest BCUT2D eigenvalue weighted by molar-refractivity contribution is 0.742. The first-order valence-electron chi connectivity index (χ1n) is 5.25. The lowest BCUT2D eigenvalue weighted by Crippen LogP contribution is -2.20. The van der Waals surface area contributed by atoms with Gasteiger partial charge in [-0.2, -0.15) is 4.52 Å². The minimum Gasteiger partial charge on any atom is -0.267 e. The van der Waals surface area contributed by atoms with Crippen LogP contribution in [-0.4, -0.2) is 19.2 Å². The van der Waals surface area contributed by atoms with E-state index in [2.05, 4.69) is 9.97 Å². The quantitative estimate of drug-likeness (QED) is 0.626. The van der Waals surface area contributed by atoms with E-state index in [0.29, 0.717) is 17.2 Å². The monoisotopic (exact) mass is 226 g/mol. The molecule has 0 aromatic carbocycles. The van der Waals surface area contributed by atoms with Gasteiger partial charge in [0.1, 0.15) is 0 Å². The van der Waals surface area contributed by atoms with Gasteiger partial charge >= 0.3 is 0 Å². The topological polar surface area (TPSA) is 52.2 Å². The van der Waals surface area contributed by atoms with E-state index in [-0.39, 0.29) is 5.56 Å². The van der Waals surface area contributed by atoms with E-state index >= 15 is 0 Å². The van der Waals surface area contributed by atoms with Gasteiger partial charge in [0.05, 0.1) is 0 Å². The third-order valence-corrected chi connectivity index (χ3v) is 2.51. The number of hydrogen-bond acceptors (Lipinski definition) is 3. The number of aromatic nitrogens is 4. The van der Waals surface area contributed by atoms with Crippen molar-refractivity contribution in [2.24, 2.45) is 0 Å². The Kier molecular flexibility index (Phi) is 2.04. The molecule has 5 nitrogen and oxygen atoms in total. The standard InChI is InChI=1S/C12H10N4O/c1-9-8-12(17)16-11(14-9)5-7-15(16)10-4-2-3-6-13-10/h2-8H,1H3. The van der Waals surface area contributed by atoms with Gasteiger partial charge < -0.3 is 0 Å². The molecule has 3 aromatic heterocycles. The van der Waals surface area contributed by atoms with Crippen LogP contribution in [0.3, 0.4) is 0 Å². The Morgan fingerprint density at radius 3 is 2.88 bits per heavy atom. The van der Waals surface area contributed by atoms with Crippen LogP contribution in [-0.2, 0) is 0 Å². The molecule has 0 fully saturated rings. The van der Waals surface area contributed by atoms with Crippen molar-refractivity contribution in [1.29, 1.82) is 0 Å². The first kappa shape index (κ1) is 9.77. The van der Waals surface area contributed by atoms with Crippen LogP contribution < -0.4 is 5.56 Å². The number of rotatable bonds is 1. The highest BCUT2D eigenvalue weighted by molar-refractivity contribution is 5.39. The maximum atomic E-state index is 11.9. The molecule has 0 unspecified atom stereocenters. The zero-order valence-corrected chi connectivity index (χ0v) is 9.24. The zero-order chi connectivity index (χ0) is 11.8. The first-order chi connectivity index (χ1) is 8.25. The second-order valence-electron chi connectivity index (χ2n) is 3.75. The number of aryl methyl sites for hydroxylation is 1. The molecule has 0 aliphatic heterocycles. The molecule has 0 spiro atoms. The highest BCUT2D eigenvalue weighted by Crippen LogP contribution is 2.06. The predicted octanol–water partition coefficient (Wildman–Crippen LogP) is 1.19. The third kappa shape index (κ3) is 1.52. The predicted molar refractivity (Wildman–Crippen MR) is 63.3 cm³/mol. The Morgan fingerprint density at radius 2 is 2.12 bits per heavy atom. The summed E-state index contributed by atoms with van der Waals surface area (Å²) in [6.45, 7) is 1.81. The fourth-order valence-electron chi connectivity index (χ4n) is 1.81. The van der Waals surface area contributed by atoms with Gasteiger partial charge in [0.25, 0.3) is 5.56 Å². The van der Waals surface area contributed by atoms with E-state index in [0.717, 1.165) is 0 Å². The summed E-state index contributed by atoms with van der Waals surface area (Å²) in [6.07, 6.45) is 3.47. The van der Waals surface area contributed by atoms with Crippen LogP contribution in [0.2, 0.25) is 0 Å². The zero-order valence-electron chi connectivity index (χ0n) is 9.24. The first-order valence-corrected chi connectivity index (χ1v) is 5.25. The van der Waals surface area contributed by atoms with E-state index in [1.807, 2.05) is 18.2 Å². The van der Waals surface area contributed by atoms with Gasteiger partial charge in [-0.1, -0.05) is 6.07 Å². The van der Waals surface area contributed by atoms with Gasteiger partial charge in [0, 0.05) is 30.2 Å². The minimum atomic E-state index is -0.108.